The van der Waals surface area contributed by atoms with Crippen LogP contribution in [0.1, 0.15) is 32.2 Å². The first-order valence-electron chi connectivity index (χ1n) is 10.7. The quantitative estimate of drug-likeness (QED) is 0.456. The predicted molar refractivity (Wildman–Crippen MR) is 129 cm³/mol. The Kier molecular flexibility index (Phi) is 5.79. The minimum atomic E-state index is -0.165. The zero-order valence-corrected chi connectivity index (χ0v) is 18.7. The number of hydrogen-bond acceptors (Lipinski definition) is 5. The van der Waals surface area contributed by atoms with E-state index in [9.17, 15) is 4.79 Å². The number of pyridine rings is 1. The van der Waals surface area contributed by atoms with Crippen LogP contribution in [0.25, 0.3) is 11.3 Å². The molecule has 160 valence electrons. The third kappa shape index (κ3) is 4.47. The van der Waals surface area contributed by atoms with Crippen molar-refractivity contribution in [1.82, 2.24) is 14.9 Å². The number of thiazole rings is 1. The lowest BCUT2D eigenvalue weighted by Gasteiger charge is -2.25. The number of rotatable bonds is 5. The first kappa shape index (κ1) is 20.5. The number of benzene rings is 2. The summed E-state index contributed by atoms with van der Waals surface area (Å²) >= 11 is 1.57. The largest absolute Gasteiger partial charge is 0.298 e. The van der Waals surface area contributed by atoms with Crippen molar-refractivity contribution in [1.29, 1.82) is 0 Å². The van der Waals surface area contributed by atoms with Gasteiger partial charge in [0.1, 0.15) is 0 Å². The zero-order valence-electron chi connectivity index (χ0n) is 17.9. The monoisotopic (exact) mass is 440 g/mol. The van der Waals surface area contributed by atoms with Gasteiger partial charge in [0, 0.05) is 36.5 Å². The van der Waals surface area contributed by atoms with Crippen molar-refractivity contribution in [2.75, 3.05) is 11.9 Å². The van der Waals surface area contributed by atoms with Crippen LogP contribution >= 0.6 is 11.3 Å². The maximum atomic E-state index is 12.9. The lowest BCUT2D eigenvalue weighted by Crippen LogP contribution is -2.29. The molecule has 6 heteroatoms. The first-order valence-corrected chi connectivity index (χ1v) is 11.6. The van der Waals surface area contributed by atoms with Crippen LogP contribution in [0.3, 0.4) is 0 Å². The molecule has 0 atom stereocenters. The predicted octanol–water partition coefficient (Wildman–Crippen LogP) is 5.32. The number of carbonyl (C=O) groups is 1. The highest BCUT2D eigenvalue weighted by Gasteiger charge is 2.22. The lowest BCUT2D eigenvalue weighted by molar-refractivity contribution is 0.102. The SMILES string of the molecule is Cc1nc(-c2ccccc2)ccc1C(=O)Nc1nc2c(s1)CN(Cc1ccccc1)CC2. The molecule has 1 aliphatic heterocycles. The van der Waals surface area contributed by atoms with Crippen LogP contribution < -0.4 is 5.32 Å². The zero-order chi connectivity index (χ0) is 21.9. The van der Waals surface area contributed by atoms with Gasteiger partial charge >= 0.3 is 0 Å². The summed E-state index contributed by atoms with van der Waals surface area (Å²) in [7, 11) is 0. The average molecular weight is 441 g/mol. The van der Waals surface area contributed by atoms with Crippen LogP contribution in [0.2, 0.25) is 0 Å². The second-order valence-corrected chi connectivity index (χ2v) is 9.07. The van der Waals surface area contributed by atoms with E-state index < -0.39 is 0 Å². The third-order valence-corrected chi connectivity index (χ3v) is 6.68. The molecule has 5 rings (SSSR count). The van der Waals surface area contributed by atoms with Crippen molar-refractivity contribution in [2.24, 2.45) is 0 Å². The van der Waals surface area contributed by atoms with Crippen LogP contribution in [-0.2, 0) is 19.5 Å². The molecular formula is C26H24N4OS. The smallest absolute Gasteiger partial charge is 0.259 e. The number of aryl methyl sites for hydroxylation is 1. The van der Waals surface area contributed by atoms with Crippen molar-refractivity contribution in [2.45, 2.75) is 26.4 Å². The summed E-state index contributed by atoms with van der Waals surface area (Å²) < 4.78 is 0. The number of hydrogen-bond donors (Lipinski definition) is 1. The standard InChI is InChI=1S/C26H24N4OS/c1-18-21(12-13-22(27-18)20-10-6-3-7-11-20)25(31)29-26-28-23-14-15-30(17-24(23)32-26)16-19-8-4-2-5-9-19/h2-13H,14-17H2,1H3,(H,28,29,31). The van der Waals surface area contributed by atoms with Gasteiger partial charge in [-0.1, -0.05) is 60.7 Å². The van der Waals surface area contributed by atoms with E-state index in [0.29, 0.717) is 16.4 Å². The van der Waals surface area contributed by atoms with Gasteiger partial charge in [0.15, 0.2) is 5.13 Å². The molecule has 0 radical (unpaired) electrons. The topological polar surface area (TPSA) is 58.1 Å². The van der Waals surface area contributed by atoms with Gasteiger partial charge in [-0.25, -0.2) is 4.98 Å². The van der Waals surface area contributed by atoms with Crippen molar-refractivity contribution >= 4 is 22.4 Å². The van der Waals surface area contributed by atoms with Crippen LogP contribution in [0, 0.1) is 6.92 Å². The van der Waals surface area contributed by atoms with E-state index in [4.69, 9.17) is 4.98 Å². The van der Waals surface area contributed by atoms with Crippen molar-refractivity contribution in [3.05, 3.63) is 100 Å². The van der Waals surface area contributed by atoms with E-state index in [2.05, 4.69) is 39.5 Å². The minimum Gasteiger partial charge on any atom is -0.298 e. The van der Waals surface area contributed by atoms with Gasteiger partial charge in [0.25, 0.3) is 5.91 Å². The average Bonchev–Trinajstić information content (AvgIpc) is 3.21. The number of carbonyl (C=O) groups excluding carboxylic acids is 1. The Balaban J connectivity index is 1.27. The molecule has 1 amide bonds. The van der Waals surface area contributed by atoms with Gasteiger partial charge in [-0.2, -0.15) is 0 Å². The molecule has 32 heavy (non-hydrogen) atoms. The summed E-state index contributed by atoms with van der Waals surface area (Å²) in [5.74, 6) is -0.165. The number of nitrogens with zero attached hydrogens (tertiary/aromatic N) is 3. The number of anilines is 1. The molecule has 0 aliphatic carbocycles. The van der Waals surface area contributed by atoms with E-state index in [1.165, 1.54) is 10.4 Å². The van der Waals surface area contributed by atoms with Gasteiger partial charge < -0.3 is 0 Å². The van der Waals surface area contributed by atoms with Gasteiger partial charge in [0.2, 0.25) is 0 Å². The summed E-state index contributed by atoms with van der Waals surface area (Å²) in [6, 6.07) is 24.2. The maximum Gasteiger partial charge on any atom is 0.259 e. The van der Waals surface area contributed by atoms with Crippen LogP contribution in [0.4, 0.5) is 5.13 Å². The van der Waals surface area contributed by atoms with Crippen molar-refractivity contribution in [3.63, 3.8) is 0 Å². The van der Waals surface area contributed by atoms with E-state index in [1.807, 2.05) is 55.5 Å². The molecule has 3 heterocycles. The fourth-order valence-corrected chi connectivity index (χ4v) is 5.06. The van der Waals surface area contributed by atoms with E-state index in [1.54, 1.807) is 11.3 Å². The molecule has 0 fully saturated rings. The summed E-state index contributed by atoms with van der Waals surface area (Å²) in [5, 5.41) is 3.65. The van der Waals surface area contributed by atoms with Crippen LogP contribution in [0.15, 0.2) is 72.8 Å². The molecule has 2 aromatic carbocycles. The van der Waals surface area contributed by atoms with Gasteiger partial charge in [-0.15, -0.1) is 11.3 Å². The molecule has 2 aromatic heterocycles. The molecule has 1 aliphatic rings. The number of aromatic nitrogens is 2. The number of fused-ring (bicyclic) bond motifs is 1. The molecule has 0 saturated carbocycles. The maximum absolute atomic E-state index is 12.9. The molecule has 5 nitrogen and oxygen atoms in total. The lowest BCUT2D eigenvalue weighted by atomic mass is 10.1. The Bertz CT molecular complexity index is 1240. The Hall–Kier alpha value is -3.35. The van der Waals surface area contributed by atoms with E-state index in [-0.39, 0.29) is 5.91 Å². The Morgan fingerprint density at radius 1 is 1.00 bits per heavy atom. The van der Waals surface area contributed by atoms with Gasteiger partial charge in [-0.3, -0.25) is 20.0 Å². The summed E-state index contributed by atoms with van der Waals surface area (Å²) in [5.41, 5.74) is 5.60. The number of amides is 1. The highest BCUT2D eigenvalue weighted by molar-refractivity contribution is 7.15. The summed E-state index contributed by atoms with van der Waals surface area (Å²) in [4.78, 5) is 25.9. The first-order chi connectivity index (χ1) is 15.7. The highest BCUT2D eigenvalue weighted by atomic mass is 32.1. The van der Waals surface area contributed by atoms with Gasteiger partial charge in [0.05, 0.1) is 22.6 Å². The van der Waals surface area contributed by atoms with Crippen LogP contribution in [0.5, 0.6) is 0 Å². The molecule has 0 unspecified atom stereocenters. The molecule has 1 N–H and O–H groups in total. The van der Waals surface area contributed by atoms with E-state index in [0.717, 1.165) is 43.0 Å². The van der Waals surface area contributed by atoms with Gasteiger partial charge in [-0.05, 0) is 24.6 Å². The van der Waals surface area contributed by atoms with Crippen LogP contribution in [-0.4, -0.2) is 27.3 Å². The normalized spacial score (nSPS) is 13.5. The van der Waals surface area contributed by atoms with Crippen molar-refractivity contribution < 1.29 is 4.79 Å². The highest BCUT2D eigenvalue weighted by Crippen LogP contribution is 2.29. The molecule has 0 bridgehead atoms. The molecule has 0 saturated heterocycles. The fourth-order valence-electron chi connectivity index (χ4n) is 4.01. The summed E-state index contributed by atoms with van der Waals surface area (Å²) in [6.07, 6.45) is 0.904. The van der Waals surface area contributed by atoms with Crippen molar-refractivity contribution in [3.8, 4) is 11.3 Å². The molecule has 4 aromatic rings. The molecular weight excluding hydrogens is 416 g/mol. The summed E-state index contributed by atoms with van der Waals surface area (Å²) in [6.45, 7) is 4.64. The van der Waals surface area contributed by atoms with E-state index >= 15 is 0 Å². The third-order valence-electron chi connectivity index (χ3n) is 5.68. The second kappa shape index (κ2) is 9.02. The Labute approximate surface area is 191 Å². The minimum absolute atomic E-state index is 0.165. The Morgan fingerprint density at radius 2 is 1.75 bits per heavy atom. The number of nitrogens with one attached hydrogen (secondary N) is 1. The second-order valence-electron chi connectivity index (χ2n) is 7.98. The molecule has 0 spiro atoms. The fraction of sp³-hybridized carbons (Fsp3) is 0.192. The Morgan fingerprint density at radius 3 is 2.50 bits per heavy atom.